The van der Waals surface area contributed by atoms with E-state index in [1.807, 2.05) is 4.90 Å². The Morgan fingerprint density at radius 1 is 0.925 bits per heavy atom. The van der Waals surface area contributed by atoms with Crippen LogP contribution in [-0.2, 0) is 10.9 Å². The Balaban J connectivity index is 1.42. The smallest absolute Gasteiger partial charge is 0.378 e. The minimum absolute atomic E-state index is 0.0512. The van der Waals surface area contributed by atoms with Gasteiger partial charge in [0, 0.05) is 18.8 Å². The van der Waals surface area contributed by atoms with Gasteiger partial charge in [-0.15, -0.1) is 0 Å². The molecule has 4 aromatic rings. The number of fused-ring (bicyclic) bond motifs is 1. The molecule has 0 atom stereocenters. The number of anilines is 3. The van der Waals surface area contributed by atoms with Crippen molar-refractivity contribution in [2.24, 2.45) is 0 Å². The summed E-state index contributed by atoms with van der Waals surface area (Å²) in [6, 6.07) is 12.5. The van der Waals surface area contributed by atoms with Crippen LogP contribution < -0.4 is 15.5 Å². The van der Waals surface area contributed by atoms with Gasteiger partial charge in [-0.05, 0) is 42.5 Å². The van der Waals surface area contributed by atoms with E-state index in [0.717, 1.165) is 12.1 Å². The van der Waals surface area contributed by atoms with Gasteiger partial charge >= 0.3 is 12.2 Å². The lowest BCUT2D eigenvalue weighted by Crippen LogP contribution is -2.38. The number of morpholine rings is 1. The number of urea groups is 1. The molecule has 1 saturated heterocycles. The molecule has 40 heavy (non-hydrogen) atoms. The molecule has 0 bridgehead atoms. The molecule has 0 aliphatic carbocycles. The number of amides is 2. The molecular formula is C27H20ClF4N5O3. The number of benzene rings is 3. The van der Waals surface area contributed by atoms with E-state index in [1.54, 1.807) is 24.3 Å². The van der Waals surface area contributed by atoms with Crippen LogP contribution in [0, 0.1) is 5.82 Å². The Kier molecular flexibility index (Phi) is 7.55. The molecule has 1 aliphatic heterocycles. The summed E-state index contributed by atoms with van der Waals surface area (Å²) in [4.78, 5) is 37.1. The molecule has 1 fully saturated rings. The summed E-state index contributed by atoms with van der Waals surface area (Å²) in [7, 11) is 0. The van der Waals surface area contributed by atoms with E-state index in [1.165, 1.54) is 18.2 Å². The largest absolute Gasteiger partial charge is 0.417 e. The van der Waals surface area contributed by atoms with E-state index < -0.39 is 34.4 Å². The second-order valence-corrected chi connectivity index (χ2v) is 9.16. The van der Waals surface area contributed by atoms with Crippen LogP contribution in [0.1, 0.15) is 21.6 Å². The number of hydrogen-bond acceptors (Lipinski definition) is 6. The highest BCUT2D eigenvalue weighted by molar-refractivity contribution is 6.31. The number of halogens is 5. The van der Waals surface area contributed by atoms with Crippen LogP contribution in [0.4, 0.5) is 39.5 Å². The molecule has 1 aliphatic rings. The molecular weight excluding hydrogens is 554 g/mol. The Labute approximate surface area is 229 Å². The maximum Gasteiger partial charge on any atom is 0.417 e. The van der Waals surface area contributed by atoms with E-state index in [4.69, 9.17) is 16.3 Å². The minimum Gasteiger partial charge on any atom is -0.378 e. The van der Waals surface area contributed by atoms with Gasteiger partial charge in [0.15, 0.2) is 17.3 Å². The number of para-hydroxylation sites is 2. The number of carbonyl (C=O) groups is 2. The number of nitrogens with one attached hydrogen (secondary N) is 2. The molecule has 2 amide bonds. The number of hydrogen-bond donors (Lipinski definition) is 2. The van der Waals surface area contributed by atoms with Crippen LogP contribution in [0.25, 0.3) is 11.0 Å². The molecule has 3 aromatic carbocycles. The van der Waals surface area contributed by atoms with Crippen molar-refractivity contribution in [1.82, 2.24) is 9.97 Å². The number of alkyl halides is 3. The zero-order valence-corrected chi connectivity index (χ0v) is 21.3. The normalized spacial score (nSPS) is 13.8. The summed E-state index contributed by atoms with van der Waals surface area (Å²) in [6.07, 6.45) is -4.66. The zero-order valence-electron chi connectivity index (χ0n) is 20.6. The molecule has 0 saturated carbocycles. The van der Waals surface area contributed by atoms with Crippen molar-refractivity contribution >= 4 is 51.6 Å². The van der Waals surface area contributed by atoms with Crippen LogP contribution >= 0.6 is 11.6 Å². The van der Waals surface area contributed by atoms with E-state index in [2.05, 4.69) is 20.6 Å². The molecule has 0 radical (unpaired) electrons. The number of ether oxygens (including phenoxy) is 1. The average Bonchev–Trinajstić information content (AvgIpc) is 2.93. The molecule has 2 heterocycles. The second-order valence-electron chi connectivity index (χ2n) is 8.75. The highest BCUT2D eigenvalue weighted by atomic mass is 35.5. The first-order chi connectivity index (χ1) is 19.1. The molecule has 0 spiro atoms. The van der Waals surface area contributed by atoms with Crippen molar-refractivity contribution in [3.63, 3.8) is 0 Å². The lowest BCUT2D eigenvalue weighted by molar-refractivity contribution is -0.137. The van der Waals surface area contributed by atoms with E-state index in [-0.39, 0.29) is 22.6 Å². The highest BCUT2D eigenvalue weighted by Gasteiger charge is 2.33. The lowest BCUT2D eigenvalue weighted by Gasteiger charge is -2.29. The Morgan fingerprint density at radius 2 is 1.62 bits per heavy atom. The first kappa shape index (κ1) is 27.3. The summed E-state index contributed by atoms with van der Waals surface area (Å²) in [5.41, 5.74) is -0.836. The van der Waals surface area contributed by atoms with Gasteiger partial charge in [0.25, 0.3) is 0 Å². The second kappa shape index (κ2) is 11.1. The third kappa shape index (κ3) is 5.68. The van der Waals surface area contributed by atoms with Crippen LogP contribution in [0.5, 0.6) is 0 Å². The first-order valence-corrected chi connectivity index (χ1v) is 12.4. The van der Waals surface area contributed by atoms with Crippen LogP contribution in [0.15, 0.2) is 60.7 Å². The maximum absolute atomic E-state index is 15.6. The average molecular weight is 574 g/mol. The third-order valence-electron chi connectivity index (χ3n) is 6.10. The molecule has 206 valence electrons. The van der Waals surface area contributed by atoms with E-state index in [0.29, 0.717) is 49.2 Å². The van der Waals surface area contributed by atoms with Gasteiger partial charge < -0.3 is 20.3 Å². The molecule has 0 unspecified atom stereocenters. The lowest BCUT2D eigenvalue weighted by atomic mass is 10.1. The zero-order chi connectivity index (χ0) is 28.4. The fourth-order valence-electron chi connectivity index (χ4n) is 4.18. The van der Waals surface area contributed by atoms with Gasteiger partial charge in [0.05, 0.1) is 46.1 Å². The molecule has 1 aromatic heterocycles. The van der Waals surface area contributed by atoms with Crippen molar-refractivity contribution in [2.45, 2.75) is 6.18 Å². The Morgan fingerprint density at radius 3 is 2.30 bits per heavy atom. The topological polar surface area (TPSA) is 96.5 Å². The number of nitrogens with zero attached hydrogens (tertiary/aromatic N) is 3. The fourth-order valence-corrected chi connectivity index (χ4v) is 4.47. The molecule has 5 rings (SSSR count). The summed E-state index contributed by atoms with van der Waals surface area (Å²) in [6.45, 7) is 1.78. The van der Waals surface area contributed by atoms with Gasteiger partial charge in [-0.25, -0.2) is 19.2 Å². The summed E-state index contributed by atoms with van der Waals surface area (Å²) in [5, 5.41) is 3.95. The van der Waals surface area contributed by atoms with Gasteiger partial charge in [0.1, 0.15) is 0 Å². The van der Waals surface area contributed by atoms with Crippen molar-refractivity contribution in [2.75, 3.05) is 41.8 Å². The van der Waals surface area contributed by atoms with Crippen molar-refractivity contribution < 1.29 is 31.9 Å². The Bertz CT molecular complexity index is 1610. The van der Waals surface area contributed by atoms with Crippen LogP contribution in [0.3, 0.4) is 0 Å². The standard InChI is InChI=1S/C27H20ClF4N5O3/c28-18-14-15(8-9-17(18)27(30,31)32)33-26(39)36-21-7-3-4-16(22(21)29)24(38)23-25(37-10-12-40-13-11-37)35-20-6-2-1-5-19(20)34-23/h1-9,14H,10-13H2,(H2,33,36,39). The van der Waals surface area contributed by atoms with Crippen molar-refractivity contribution in [1.29, 1.82) is 0 Å². The molecule has 13 heteroatoms. The van der Waals surface area contributed by atoms with Crippen LogP contribution in [0.2, 0.25) is 5.02 Å². The number of rotatable bonds is 5. The fraction of sp³-hybridized carbons (Fsp3) is 0.185. The predicted octanol–water partition coefficient (Wildman–Crippen LogP) is 6.15. The summed E-state index contributed by atoms with van der Waals surface area (Å²) in [5.74, 6) is -1.46. The van der Waals surface area contributed by atoms with Crippen molar-refractivity contribution in [3.05, 3.63) is 88.3 Å². The SMILES string of the molecule is O=C(Nc1ccc(C(F)(F)F)c(Cl)c1)Nc1cccc(C(=O)c2nc3ccccc3nc2N2CCOCC2)c1F. The minimum atomic E-state index is -4.66. The first-order valence-electron chi connectivity index (χ1n) is 12.0. The quantitative estimate of drug-likeness (QED) is 0.219. The maximum atomic E-state index is 15.6. The number of carbonyl (C=O) groups excluding carboxylic acids is 2. The molecule has 2 N–H and O–H groups in total. The number of aromatic nitrogens is 2. The summed E-state index contributed by atoms with van der Waals surface area (Å²) < 4.78 is 59.8. The molecule has 8 nitrogen and oxygen atoms in total. The van der Waals surface area contributed by atoms with E-state index in [9.17, 15) is 22.8 Å². The van der Waals surface area contributed by atoms with Crippen LogP contribution in [-0.4, -0.2) is 48.1 Å². The van der Waals surface area contributed by atoms with Gasteiger partial charge in [0.2, 0.25) is 5.78 Å². The predicted molar refractivity (Wildman–Crippen MR) is 141 cm³/mol. The Hall–Kier alpha value is -4.29. The van der Waals surface area contributed by atoms with Crippen molar-refractivity contribution in [3.8, 4) is 0 Å². The monoisotopic (exact) mass is 573 g/mol. The van der Waals surface area contributed by atoms with Gasteiger partial charge in [-0.1, -0.05) is 29.8 Å². The number of ketones is 1. The summed E-state index contributed by atoms with van der Waals surface area (Å²) >= 11 is 5.69. The highest BCUT2D eigenvalue weighted by Crippen LogP contribution is 2.36. The van der Waals surface area contributed by atoms with E-state index >= 15 is 4.39 Å². The van der Waals surface area contributed by atoms with Gasteiger partial charge in [-0.3, -0.25) is 4.79 Å². The third-order valence-corrected chi connectivity index (χ3v) is 6.41. The van der Waals surface area contributed by atoms with Gasteiger partial charge in [-0.2, -0.15) is 13.2 Å².